The number of nitrogens with zero attached hydrogens (tertiary/aromatic N) is 3. The fraction of sp³-hybridized carbons (Fsp3) is 0.370. The number of aliphatic imine (C=N–C) groups is 1. The van der Waals surface area contributed by atoms with Crippen molar-refractivity contribution in [1.82, 2.24) is 9.97 Å². The third-order valence-electron chi connectivity index (χ3n) is 7.13. The van der Waals surface area contributed by atoms with E-state index in [-0.39, 0.29) is 5.92 Å². The number of ether oxygens (including phenoxy) is 1. The molecule has 0 bridgehead atoms. The van der Waals surface area contributed by atoms with Gasteiger partial charge in [-0.2, -0.15) is 4.98 Å². The van der Waals surface area contributed by atoms with Gasteiger partial charge in [0.1, 0.15) is 11.9 Å². The zero-order valence-corrected chi connectivity index (χ0v) is 21.0. The van der Waals surface area contributed by atoms with E-state index in [2.05, 4.69) is 34.2 Å². The Kier molecular flexibility index (Phi) is 6.24. The van der Waals surface area contributed by atoms with Crippen molar-refractivity contribution in [2.24, 2.45) is 10.9 Å². The van der Waals surface area contributed by atoms with E-state index in [1.807, 2.05) is 32.0 Å². The summed E-state index contributed by atoms with van der Waals surface area (Å²) in [5.74, 6) is 1.44. The largest absolute Gasteiger partial charge is 0.463 e. The number of nitrogen functional groups attached to an aromatic ring is 1. The molecule has 1 atom stereocenters. The summed E-state index contributed by atoms with van der Waals surface area (Å²) in [7, 11) is -3.31. The highest BCUT2D eigenvalue weighted by molar-refractivity contribution is 7.66. The van der Waals surface area contributed by atoms with E-state index in [9.17, 15) is 9.46 Å². The second-order valence-corrected chi connectivity index (χ2v) is 12.3. The minimum Gasteiger partial charge on any atom is -0.463 e. The van der Waals surface area contributed by atoms with E-state index in [0.29, 0.717) is 34.8 Å². The number of aromatic nitrogens is 2. The van der Waals surface area contributed by atoms with E-state index >= 15 is 0 Å². The SMILES string of the molecule is CC1(C)Oc2ncnc(N)c2N=C1c1ccc([C@H]2CC[C@H](CP(=O)(O)c3ccccc3)CC2)cc1. The van der Waals surface area contributed by atoms with E-state index < -0.39 is 13.0 Å². The van der Waals surface area contributed by atoms with Gasteiger partial charge < -0.3 is 15.4 Å². The Bertz CT molecular complexity index is 1280. The number of hydrogen-bond acceptors (Lipinski definition) is 6. The van der Waals surface area contributed by atoms with Gasteiger partial charge in [-0.25, -0.2) is 9.98 Å². The van der Waals surface area contributed by atoms with Gasteiger partial charge in [0, 0.05) is 17.0 Å². The lowest BCUT2D eigenvalue weighted by Gasteiger charge is -2.32. The monoisotopic (exact) mass is 490 g/mol. The molecule has 1 aliphatic carbocycles. The van der Waals surface area contributed by atoms with Crippen LogP contribution in [0, 0.1) is 5.92 Å². The van der Waals surface area contributed by atoms with Gasteiger partial charge in [-0.3, -0.25) is 4.57 Å². The molecule has 8 heteroatoms. The maximum absolute atomic E-state index is 12.9. The molecule has 1 saturated carbocycles. The number of nitrogens with two attached hydrogens (primary N) is 1. The van der Waals surface area contributed by atoms with Crippen LogP contribution in [-0.4, -0.2) is 32.3 Å². The van der Waals surface area contributed by atoms with Crippen molar-refractivity contribution in [1.29, 1.82) is 0 Å². The molecule has 1 fully saturated rings. The molecule has 3 N–H and O–H groups in total. The van der Waals surface area contributed by atoms with Crippen LogP contribution >= 0.6 is 7.37 Å². The molecule has 1 unspecified atom stereocenters. The van der Waals surface area contributed by atoms with Gasteiger partial charge in [0.25, 0.3) is 0 Å². The third kappa shape index (κ3) is 4.89. The van der Waals surface area contributed by atoms with Gasteiger partial charge in [0.15, 0.2) is 11.5 Å². The molecule has 5 rings (SSSR count). The maximum atomic E-state index is 12.9. The average Bonchev–Trinajstić information content (AvgIpc) is 2.84. The Morgan fingerprint density at radius 2 is 1.71 bits per heavy atom. The van der Waals surface area contributed by atoms with Crippen LogP contribution in [-0.2, 0) is 4.57 Å². The fourth-order valence-electron chi connectivity index (χ4n) is 5.21. The first-order chi connectivity index (χ1) is 16.7. The lowest BCUT2D eigenvalue weighted by molar-refractivity contribution is 0.171. The van der Waals surface area contributed by atoms with Gasteiger partial charge in [0.05, 0.1) is 5.71 Å². The Balaban J connectivity index is 1.26. The van der Waals surface area contributed by atoms with E-state index in [0.717, 1.165) is 37.0 Å². The summed E-state index contributed by atoms with van der Waals surface area (Å²) in [5, 5.41) is 0.561. The van der Waals surface area contributed by atoms with E-state index in [4.69, 9.17) is 15.5 Å². The Labute approximate surface area is 206 Å². The standard InChI is InChI=1S/C27H31N4O3P/c1-27(2)24(31-23-25(28)29-17-30-26(23)34-27)21-14-12-20(13-15-21)19-10-8-18(9-11-19)16-35(32,33)22-6-4-3-5-7-22/h3-7,12-15,17-19H,8-11,16H2,1-2H3,(H,32,33)(H2,28,29,30)/t18-,19-. The Morgan fingerprint density at radius 1 is 1.03 bits per heavy atom. The zero-order chi connectivity index (χ0) is 24.6. The second-order valence-electron chi connectivity index (χ2n) is 10.0. The van der Waals surface area contributed by atoms with Crippen LogP contribution in [0.4, 0.5) is 11.5 Å². The summed E-state index contributed by atoms with van der Waals surface area (Å²) in [6.07, 6.45) is 5.73. The highest BCUT2D eigenvalue weighted by Crippen LogP contribution is 2.46. The van der Waals surface area contributed by atoms with Gasteiger partial charge in [0.2, 0.25) is 13.2 Å². The molecular weight excluding hydrogens is 459 g/mol. The number of fused-ring (bicyclic) bond motifs is 1. The number of benzene rings is 2. The topological polar surface area (TPSA) is 111 Å². The molecule has 1 aliphatic heterocycles. The Hall–Kier alpha value is -3.02. The summed E-state index contributed by atoms with van der Waals surface area (Å²) < 4.78 is 19.0. The summed E-state index contributed by atoms with van der Waals surface area (Å²) in [6, 6.07) is 17.6. The van der Waals surface area contributed by atoms with Crippen LogP contribution in [0.5, 0.6) is 5.88 Å². The lowest BCUT2D eigenvalue weighted by atomic mass is 9.79. The van der Waals surface area contributed by atoms with Crippen LogP contribution in [0.25, 0.3) is 0 Å². The van der Waals surface area contributed by atoms with Crippen molar-refractivity contribution in [2.45, 2.75) is 51.0 Å². The van der Waals surface area contributed by atoms with Crippen LogP contribution < -0.4 is 15.8 Å². The van der Waals surface area contributed by atoms with Crippen LogP contribution in [0.2, 0.25) is 0 Å². The first-order valence-corrected chi connectivity index (χ1v) is 13.9. The van der Waals surface area contributed by atoms with Crippen molar-refractivity contribution in [3.8, 4) is 5.88 Å². The summed E-state index contributed by atoms with van der Waals surface area (Å²) >= 11 is 0. The molecule has 0 spiro atoms. The zero-order valence-electron chi connectivity index (χ0n) is 20.1. The number of anilines is 1. The molecular formula is C27H31N4O3P. The van der Waals surface area contributed by atoms with E-state index in [1.54, 1.807) is 12.1 Å². The van der Waals surface area contributed by atoms with Crippen LogP contribution in [0.3, 0.4) is 0 Å². The fourth-order valence-corrected chi connectivity index (χ4v) is 7.13. The lowest BCUT2D eigenvalue weighted by Crippen LogP contribution is -2.41. The average molecular weight is 491 g/mol. The Morgan fingerprint density at radius 3 is 2.40 bits per heavy atom. The minimum absolute atomic E-state index is 0.281. The van der Waals surface area contributed by atoms with Crippen LogP contribution in [0.1, 0.15) is 56.6 Å². The summed E-state index contributed by atoms with van der Waals surface area (Å²) in [4.78, 5) is 23.6. The second kappa shape index (κ2) is 9.21. The first-order valence-electron chi connectivity index (χ1n) is 12.1. The molecule has 0 radical (unpaired) electrons. The highest BCUT2D eigenvalue weighted by atomic mass is 31.2. The minimum atomic E-state index is -3.31. The van der Waals surface area contributed by atoms with Gasteiger partial charge in [-0.1, -0.05) is 42.5 Å². The molecule has 3 aromatic rings. The summed E-state index contributed by atoms with van der Waals surface area (Å²) in [6.45, 7) is 3.94. The predicted molar refractivity (Wildman–Crippen MR) is 139 cm³/mol. The molecule has 0 amide bonds. The molecule has 2 aliphatic rings. The van der Waals surface area contributed by atoms with Gasteiger partial charge in [-0.15, -0.1) is 0 Å². The molecule has 35 heavy (non-hydrogen) atoms. The molecule has 182 valence electrons. The molecule has 2 heterocycles. The first kappa shape index (κ1) is 23.7. The number of hydrogen-bond donors (Lipinski definition) is 2. The van der Waals surface area contributed by atoms with Crippen molar-refractivity contribution >= 4 is 29.9 Å². The van der Waals surface area contributed by atoms with Crippen molar-refractivity contribution in [3.05, 3.63) is 72.1 Å². The van der Waals surface area contributed by atoms with Crippen molar-refractivity contribution in [2.75, 3.05) is 11.9 Å². The summed E-state index contributed by atoms with van der Waals surface area (Å²) in [5.41, 5.74) is 8.89. The predicted octanol–water partition coefficient (Wildman–Crippen LogP) is 5.22. The van der Waals surface area contributed by atoms with E-state index in [1.165, 1.54) is 11.9 Å². The normalized spacial score (nSPS) is 22.9. The van der Waals surface area contributed by atoms with Crippen LogP contribution in [0.15, 0.2) is 65.9 Å². The van der Waals surface area contributed by atoms with Gasteiger partial charge >= 0.3 is 0 Å². The van der Waals surface area contributed by atoms with Crippen molar-refractivity contribution < 1.29 is 14.2 Å². The maximum Gasteiger partial charge on any atom is 0.246 e. The smallest absolute Gasteiger partial charge is 0.246 e. The highest BCUT2D eigenvalue weighted by Gasteiger charge is 2.35. The quantitative estimate of drug-likeness (QED) is 0.475. The molecule has 7 nitrogen and oxygen atoms in total. The number of rotatable bonds is 5. The molecule has 2 aromatic carbocycles. The van der Waals surface area contributed by atoms with Gasteiger partial charge in [-0.05, 0) is 69.1 Å². The molecule has 1 aromatic heterocycles. The molecule has 0 saturated heterocycles. The van der Waals surface area contributed by atoms with Crippen molar-refractivity contribution in [3.63, 3.8) is 0 Å². The third-order valence-corrected chi connectivity index (χ3v) is 9.25.